The average Bonchev–Trinajstić information content (AvgIpc) is 2.78. The molecule has 2 rings (SSSR count). The molecular weight excluding hydrogens is 249 g/mol. The average molecular weight is 265 g/mol. The van der Waals surface area contributed by atoms with Crippen LogP contribution in [0.4, 0.5) is 10.1 Å². The van der Waals surface area contributed by atoms with Gasteiger partial charge in [-0.2, -0.15) is 0 Å². The van der Waals surface area contributed by atoms with Crippen LogP contribution in [0, 0.1) is 17.7 Å². The van der Waals surface area contributed by atoms with Crippen LogP contribution in [0.5, 0.6) is 0 Å². The third-order valence-corrected chi connectivity index (χ3v) is 3.74. The molecule has 1 amide bonds. The molecule has 102 valence electrons. The third-order valence-electron chi connectivity index (χ3n) is 3.74. The van der Waals surface area contributed by atoms with Gasteiger partial charge in [-0.25, -0.2) is 4.39 Å². The Labute approximate surface area is 110 Å². The maximum atomic E-state index is 13.3. The topological polar surface area (TPSA) is 57.6 Å². The first-order valence-corrected chi connectivity index (χ1v) is 6.24. The number of benzene rings is 1. The maximum Gasteiger partial charge on any atom is 0.307 e. The lowest BCUT2D eigenvalue weighted by Crippen LogP contribution is -2.38. The SMILES string of the molecule is CC(C(=O)O)C(C)C(=O)N1CCc2ccc(F)cc21. The normalized spacial score (nSPS) is 16.9. The van der Waals surface area contributed by atoms with Gasteiger partial charge in [-0.15, -0.1) is 0 Å². The molecule has 0 fully saturated rings. The van der Waals surface area contributed by atoms with Gasteiger partial charge in [0.25, 0.3) is 0 Å². The van der Waals surface area contributed by atoms with Crippen molar-refractivity contribution in [2.45, 2.75) is 20.3 Å². The van der Waals surface area contributed by atoms with E-state index in [9.17, 15) is 14.0 Å². The summed E-state index contributed by atoms with van der Waals surface area (Å²) in [4.78, 5) is 24.7. The van der Waals surface area contributed by atoms with Gasteiger partial charge < -0.3 is 10.0 Å². The summed E-state index contributed by atoms with van der Waals surface area (Å²) < 4.78 is 13.3. The molecule has 1 aromatic carbocycles. The molecule has 0 saturated carbocycles. The monoisotopic (exact) mass is 265 g/mol. The minimum absolute atomic E-state index is 0.265. The van der Waals surface area contributed by atoms with E-state index in [-0.39, 0.29) is 5.91 Å². The Hall–Kier alpha value is -1.91. The van der Waals surface area contributed by atoms with Crippen LogP contribution in [0.2, 0.25) is 0 Å². The summed E-state index contributed by atoms with van der Waals surface area (Å²) in [7, 11) is 0. The van der Waals surface area contributed by atoms with Crippen molar-refractivity contribution >= 4 is 17.6 Å². The number of hydrogen-bond donors (Lipinski definition) is 1. The summed E-state index contributed by atoms with van der Waals surface area (Å²) >= 11 is 0. The Morgan fingerprint density at radius 2 is 2.00 bits per heavy atom. The molecule has 1 heterocycles. The number of carboxylic acids is 1. The lowest BCUT2D eigenvalue weighted by molar-refractivity contribution is -0.145. The number of amides is 1. The Balaban J connectivity index is 2.24. The number of nitrogens with zero attached hydrogens (tertiary/aromatic N) is 1. The van der Waals surface area contributed by atoms with Crippen LogP contribution in [0.15, 0.2) is 18.2 Å². The second-order valence-electron chi connectivity index (χ2n) is 4.93. The molecule has 4 nitrogen and oxygen atoms in total. The van der Waals surface area contributed by atoms with Crippen molar-refractivity contribution in [2.75, 3.05) is 11.4 Å². The second kappa shape index (κ2) is 4.99. The van der Waals surface area contributed by atoms with Crippen LogP contribution in [0.25, 0.3) is 0 Å². The zero-order valence-corrected chi connectivity index (χ0v) is 10.9. The predicted octanol–water partition coefficient (Wildman–Crippen LogP) is 2.07. The standard InChI is InChI=1S/C14H16FNO3/c1-8(9(2)14(18)19)13(17)16-6-5-10-3-4-11(15)7-12(10)16/h3-4,7-9H,5-6H2,1-2H3,(H,18,19). The minimum Gasteiger partial charge on any atom is -0.481 e. The number of carbonyl (C=O) groups is 2. The number of fused-ring (bicyclic) bond motifs is 1. The number of anilines is 1. The Morgan fingerprint density at radius 3 is 2.63 bits per heavy atom. The van der Waals surface area contributed by atoms with Crippen molar-refractivity contribution in [3.05, 3.63) is 29.6 Å². The molecule has 0 bridgehead atoms. The van der Waals surface area contributed by atoms with Crippen molar-refractivity contribution in [1.82, 2.24) is 0 Å². The molecule has 0 saturated heterocycles. The van der Waals surface area contributed by atoms with Gasteiger partial charge in [0, 0.05) is 18.2 Å². The van der Waals surface area contributed by atoms with Gasteiger partial charge in [-0.3, -0.25) is 9.59 Å². The van der Waals surface area contributed by atoms with E-state index in [0.717, 1.165) is 5.56 Å². The number of carbonyl (C=O) groups excluding carboxylic acids is 1. The van der Waals surface area contributed by atoms with Crippen molar-refractivity contribution in [1.29, 1.82) is 0 Å². The van der Waals surface area contributed by atoms with E-state index in [1.807, 2.05) is 0 Å². The number of halogens is 1. The number of hydrogen-bond acceptors (Lipinski definition) is 2. The predicted molar refractivity (Wildman–Crippen MR) is 68.4 cm³/mol. The zero-order valence-electron chi connectivity index (χ0n) is 10.9. The number of aliphatic carboxylic acids is 1. The zero-order chi connectivity index (χ0) is 14.2. The van der Waals surface area contributed by atoms with Crippen molar-refractivity contribution in [3.8, 4) is 0 Å². The number of carboxylic acid groups (broad SMARTS) is 1. The lowest BCUT2D eigenvalue weighted by Gasteiger charge is -2.23. The van der Waals surface area contributed by atoms with Crippen LogP contribution >= 0.6 is 0 Å². The first-order chi connectivity index (χ1) is 8.91. The van der Waals surface area contributed by atoms with Crippen molar-refractivity contribution in [2.24, 2.45) is 11.8 Å². The van der Waals surface area contributed by atoms with Gasteiger partial charge in [0.15, 0.2) is 0 Å². The van der Waals surface area contributed by atoms with Crippen LogP contribution < -0.4 is 4.90 Å². The van der Waals surface area contributed by atoms with Gasteiger partial charge in [-0.1, -0.05) is 19.9 Å². The molecule has 2 unspecified atom stereocenters. The molecule has 1 aliphatic rings. The fourth-order valence-electron chi connectivity index (χ4n) is 2.25. The van der Waals surface area contributed by atoms with Crippen LogP contribution in [0.3, 0.4) is 0 Å². The Kier molecular flexibility index (Phi) is 3.55. The summed E-state index contributed by atoms with van der Waals surface area (Å²) in [5.74, 6) is -3.05. The van der Waals surface area contributed by atoms with E-state index < -0.39 is 23.6 Å². The highest BCUT2D eigenvalue weighted by Gasteiger charge is 2.33. The molecule has 5 heteroatoms. The van der Waals surface area contributed by atoms with E-state index >= 15 is 0 Å². The second-order valence-corrected chi connectivity index (χ2v) is 4.93. The molecule has 2 atom stereocenters. The van der Waals surface area contributed by atoms with E-state index in [0.29, 0.717) is 18.7 Å². The van der Waals surface area contributed by atoms with Gasteiger partial charge in [0.05, 0.1) is 5.92 Å². The molecule has 0 radical (unpaired) electrons. The Morgan fingerprint density at radius 1 is 1.32 bits per heavy atom. The molecule has 1 aliphatic heterocycles. The molecule has 0 spiro atoms. The summed E-state index contributed by atoms with van der Waals surface area (Å²) in [6.45, 7) is 3.58. The molecule has 19 heavy (non-hydrogen) atoms. The maximum absolute atomic E-state index is 13.3. The summed E-state index contributed by atoms with van der Waals surface area (Å²) in [5, 5.41) is 8.95. The molecule has 0 aliphatic carbocycles. The van der Waals surface area contributed by atoms with Crippen LogP contribution in [-0.2, 0) is 16.0 Å². The quantitative estimate of drug-likeness (QED) is 0.910. The highest BCUT2D eigenvalue weighted by atomic mass is 19.1. The van der Waals surface area contributed by atoms with Gasteiger partial charge in [0.1, 0.15) is 5.82 Å². The van der Waals surface area contributed by atoms with Gasteiger partial charge in [0.2, 0.25) is 5.91 Å². The fraction of sp³-hybridized carbons (Fsp3) is 0.429. The van der Waals surface area contributed by atoms with E-state index in [1.54, 1.807) is 13.0 Å². The van der Waals surface area contributed by atoms with Crippen molar-refractivity contribution < 1.29 is 19.1 Å². The summed E-state index contributed by atoms with van der Waals surface area (Å²) in [6, 6.07) is 4.37. The van der Waals surface area contributed by atoms with Crippen molar-refractivity contribution in [3.63, 3.8) is 0 Å². The van der Waals surface area contributed by atoms with E-state index in [2.05, 4.69) is 0 Å². The molecule has 1 aromatic rings. The lowest BCUT2D eigenvalue weighted by atomic mass is 9.94. The minimum atomic E-state index is -1.00. The smallest absolute Gasteiger partial charge is 0.307 e. The fourth-order valence-corrected chi connectivity index (χ4v) is 2.25. The van der Waals surface area contributed by atoms with Gasteiger partial charge in [-0.05, 0) is 24.1 Å². The highest BCUT2D eigenvalue weighted by Crippen LogP contribution is 2.31. The largest absolute Gasteiger partial charge is 0.481 e. The first kappa shape index (κ1) is 13.5. The van der Waals surface area contributed by atoms with E-state index in [4.69, 9.17) is 5.11 Å². The highest BCUT2D eigenvalue weighted by molar-refractivity contribution is 5.98. The molecule has 1 N–H and O–H groups in total. The first-order valence-electron chi connectivity index (χ1n) is 6.24. The summed E-state index contributed by atoms with van der Waals surface area (Å²) in [6.07, 6.45) is 0.676. The number of rotatable bonds is 3. The molecular formula is C14H16FNO3. The van der Waals surface area contributed by atoms with Crippen LogP contribution in [-0.4, -0.2) is 23.5 Å². The van der Waals surface area contributed by atoms with E-state index in [1.165, 1.54) is 24.0 Å². The van der Waals surface area contributed by atoms with Crippen LogP contribution in [0.1, 0.15) is 19.4 Å². The van der Waals surface area contributed by atoms with Gasteiger partial charge >= 0.3 is 5.97 Å². The molecule has 0 aromatic heterocycles. The third kappa shape index (κ3) is 2.45. The summed E-state index contributed by atoms with van der Waals surface area (Å²) in [5.41, 5.74) is 1.49. The Bertz CT molecular complexity index is 529.